The van der Waals surface area contributed by atoms with Crippen LogP contribution in [0, 0.1) is 0 Å². The Bertz CT molecular complexity index is 611. The second-order valence-corrected chi connectivity index (χ2v) is 4.99. The summed E-state index contributed by atoms with van der Waals surface area (Å²) in [5.74, 6) is -0.161. The zero-order chi connectivity index (χ0) is 14.5. The first kappa shape index (κ1) is 14.6. The lowest BCUT2D eigenvalue weighted by atomic mass is 10.1. The molecule has 1 atom stereocenters. The van der Waals surface area contributed by atoms with Crippen LogP contribution in [0.3, 0.4) is 0 Å². The van der Waals surface area contributed by atoms with Crippen LogP contribution in [0.5, 0.6) is 0 Å². The van der Waals surface area contributed by atoms with E-state index in [1.165, 1.54) is 0 Å². The molecule has 2 aromatic rings. The minimum atomic E-state index is -0.633. The average Bonchev–Trinajstić information content (AvgIpc) is 2.41. The van der Waals surface area contributed by atoms with Crippen molar-refractivity contribution in [1.29, 1.82) is 0 Å². The molecule has 2 rings (SSSR count). The maximum atomic E-state index is 12.1. The quantitative estimate of drug-likeness (QED) is 0.904. The van der Waals surface area contributed by atoms with Crippen LogP contribution >= 0.6 is 11.6 Å². The van der Waals surface area contributed by atoms with Gasteiger partial charge >= 0.3 is 0 Å². The fourth-order valence-electron chi connectivity index (χ4n) is 1.98. The van der Waals surface area contributed by atoms with E-state index in [4.69, 9.17) is 11.6 Å². The van der Waals surface area contributed by atoms with Gasteiger partial charge in [-0.25, -0.2) is 0 Å². The molecule has 20 heavy (non-hydrogen) atoms. The molecule has 4 heteroatoms. The van der Waals surface area contributed by atoms with Gasteiger partial charge in [0.2, 0.25) is 5.91 Å². The molecule has 0 aliphatic heterocycles. The van der Waals surface area contributed by atoms with E-state index in [2.05, 4.69) is 5.32 Å². The number of hydrogen-bond acceptors (Lipinski definition) is 2. The second-order valence-electron chi connectivity index (χ2n) is 4.58. The van der Waals surface area contributed by atoms with Crippen molar-refractivity contribution in [3.63, 3.8) is 0 Å². The standard InChI is InChI=1S/C16H16ClNO2/c1-11(19)13-7-3-5-9-15(13)18-16(20)10-12-6-2-4-8-14(12)17/h2-9,11,19H,10H2,1H3,(H,18,20). The van der Waals surface area contributed by atoms with E-state index in [1.54, 1.807) is 25.1 Å². The zero-order valence-corrected chi connectivity index (χ0v) is 11.9. The summed E-state index contributed by atoms with van der Waals surface area (Å²) in [7, 11) is 0. The van der Waals surface area contributed by atoms with Gasteiger partial charge in [0.1, 0.15) is 0 Å². The Labute approximate surface area is 123 Å². The van der Waals surface area contributed by atoms with E-state index < -0.39 is 6.10 Å². The Morgan fingerprint density at radius 2 is 1.85 bits per heavy atom. The number of anilines is 1. The predicted molar refractivity (Wildman–Crippen MR) is 80.9 cm³/mol. The lowest BCUT2D eigenvalue weighted by molar-refractivity contribution is -0.115. The molecular formula is C16H16ClNO2. The molecule has 104 valence electrons. The Kier molecular flexibility index (Phi) is 4.77. The van der Waals surface area contributed by atoms with Crippen LogP contribution in [0.25, 0.3) is 0 Å². The van der Waals surface area contributed by atoms with Crippen LogP contribution in [-0.4, -0.2) is 11.0 Å². The molecule has 0 saturated carbocycles. The third-order valence-corrected chi connectivity index (χ3v) is 3.36. The van der Waals surface area contributed by atoms with Crippen molar-refractivity contribution in [2.75, 3.05) is 5.32 Å². The maximum absolute atomic E-state index is 12.1. The zero-order valence-electron chi connectivity index (χ0n) is 11.1. The molecule has 1 unspecified atom stereocenters. The van der Waals surface area contributed by atoms with Crippen LogP contribution in [0.4, 0.5) is 5.69 Å². The second kappa shape index (κ2) is 6.55. The van der Waals surface area contributed by atoms with Gasteiger partial charge in [-0.15, -0.1) is 0 Å². The highest BCUT2D eigenvalue weighted by molar-refractivity contribution is 6.31. The summed E-state index contributed by atoms with van der Waals surface area (Å²) in [5.41, 5.74) is 2.10. The normalized spacial score (nSPS) is 11.9. The average molecular weight is 290 g/mol. The molecule has 0 aliphatic carbocycles. The van der Waals surface area contributed by atoms with Gasteiger partial charge in [-0.3, -0.25) is 4.79 Å². The van der Waals surface area contributed by atoms with Gasteiger partial charge in [0.25, 0.3) is 0 Å². The molecule has 0 radical (unpaired) electrons. The summed E-state index contributed by atoms with van der Waals surface area (Å²) in [6.45, 7) is 1.67. The van der Waals surface area contributed by atoms with E-state index in [1.807, 2.05) is 30.3 Å². The number of nitrogens with one attached hydrogen (secondary N) is 1. The van der Waals surface area contributed by atoms with Crippen molar-refractivity contribution in [2.45, 2.75) is 19.4 Å². The van der Waals surface area contributed by atoms with Crippen molar-refractivity contribution < 1.29 is 9.90 Å². The van der Waals surface area contributed by atoms with E-state index in [9.17, 15) is 9.90 Å². The number of aliphatic hydroxyl groups excluding tert-OH is 1. The fraction of sp³-hybridized carbons (Fsp3) is 0.188. The number of rotatable bonds is 4. The van der Waals surface area contributed by atoms with E-state index in [0.717, 1.165) is 5.56 Å². The molecule has 0 aliphatic rings. The summed E-state index contributed by atoms with van der Waals surface area (Å²) in [6.07, 6.45) is -0.430. The van der Waals surface area contributed by atoms with Crippen molar-refractivity contribution >= 4 is 23.2 Å². The van der Waals surface area contributed by atoms with Gasteiger partial charge in [0.15, 0.2) is 0 Å². The van der Waals surface area contributed by atoms with Crippen molar-refractivity contribution in [1.82, 2.24) is 0 Å². The number of carbonyl (C=O) groups excluding carboxylic acids is 1. The third-order valence-electron chi connectivity index (χ3n) is 2.99. The van der Waals surface area contributed by atoms with Gasteiger partial charge in [-0.2, -0.15) is 0 Å². The minimum absolute atomic E-state index is 0.161. The molecule has 1 amide bonds. The van der Waals surface area contributed by atoms with Gasteiger partial charge in [-0.05, 0) is 24.6 Å². The first-order chi connectivity index (χ1) is 9.58. The summed E-state index contributed by atoms with van der Waals surface area (Å²) in [4.78, 5) is 12.1. The van der Waals surface area contributed by atoms with Crippen LogP contribution in [-0.2, 0) is 11.2 Å². The molecule has 2 aromatic carbocycles. The van der Waals surface area contributed by atoms with E-state index >= 15 is 0 Å². The van der Waals surface area contributed by atoms with E-state index in [-0.39, 0.29) is 12.3 Å². The number of hydrogen-bond donors (Lipinski definition) is 2. The SMILES string of the molecule is CC(O)c1ccccc1NC(=O)Cc1ccccc1Cl. The third kappa shape index (κ3) is 3.59. The Morgan fingerprint density at radius 3 is 2.55 bits per heavy atom. The van der Waals surface area contributed by atoms with Crippen molar-refractivity contribution in [3.05, 3.63) is 64.7 Å². The van der Waals surface area contributed by atoms with Crippen LogP contribution in [0.2, 0.25) is 5.02 Å². The number of aliphatic hydroxyl groups is 1. The predicted octanol–water partition coefficient (Wildman–Crippen LogP) is 3.57. The lowest BCUT2D eigenvalue weighted by Gasteiger charge is -2.13. The Morgan fingerprint density at radius 1 is 1.20 bits per heavy atom. The van der Waals surface area contributed by atoms with E-state index in [0.29, 0.717) is 16.3 Å². The monoisotopic (exact) mass is 289 g/mol. The summed E-state index contributed by atoms with van der Waals surface area (Å²) >= 11 is 6.03. The summed E-state index contributed by atoms with van der Waals surface area (Å²) in [6, 6.07) is 14.5. The van der Waals surface area contributed by atoms with Crippen molar-refractivity contribution in [2.24, 2.45) is 0 Å². The smallest absolute Gasteiger partial charge is 0.228 e. The fourth-order valence-corrected chi connectivity index (χ4v) is 2.19. The van der Waals surface area contributed by atoms with Gasteiger partial charge in [0, 0.05) is 16.3 Å². The summed E-state index contributed by atoms with van der Waals surface area (Å²) < 4.78 is 0. The van der Waals surface area contributed by atoms with Crippen LogP contribution in [0.15, 0.2) is 48.5 Å². The number of halogens is 1. The molecule has 2 N–H and O–H groups in total. The molecule has 0 spiro atoms. The van der Waals surface area contributed by atoms with Gasteiger partial charge < -0.3 is 10.4 Å². The number of carbonyl (C=O) groups is 1. The van der Waals surface area contributed by atoms with Crippen molar-refractivity contribution in [3.8, 4) is 0 Å². The largest absolute Gasteiger partial charge is 0.389 e. The molecule has 0 heterocycles. The molecular weight excluding hydrogens is 274 g/mol. The molecule has 0 fully saturated rings. The molecule has 0 saturated heterocycles. The lowest BCUT2D eigenvalue weighted by Crippen LogP contribution is -2.16. The van der Waals surface area contributed by atoms with Crippen LogP contribution in [0.1, 0.15) is 24.2 Å². The minimum Gasteiger partial charge on any atom is -0.389 e. The molecule has 0 bridgehead atoms. The highest BCUT2D eigenvalue weighted by Gasteiger charge is 2.11. The van der Waals surface area contributed by atoms with Gasteiger partial charge in [-0.1, -0.05) is 48.0 Å². The topological polar surface area (TPSA) is 49.3 Å². The first-order valence-electron chi connectivity index (χ1n) is 6.38. The Hall–Kier alpha value is -1.84. The summed E-state index contributed by atoms with van der Waals surface area (Å²) in [5, 5.41) is 13.1. The Balaban J connectivity index is 2.11. The number of amides is 1. The highest BCUT2D eigenvalue weighted by Crippen LogP contribution is 2.23. The van der Waals surface area contributed by atoms with Gasteiger partial charge in [0.05, 0.1) is 12.5 Å². The number of para-hydroxylation sites is 1. The molecule has 0 aromatic heterocycles. The highest BCUT2D eigenvalue weighted by atomic mass is 35.5. The van der Waals surface area contributed by atoms with Crippen LogP contribution < -0.4 is 5.32 Å². The maximum Gasteiger partial charge on any atom is 0.228 e. The number of benzene rings is 2. The first-order valence-corrected chi connectivity index (χ1v) is 6.76. The molecule has 3 nitrogen and oxygen atoms in total.